The van der Waals surface area contributed by atoms with Crippen molar-refractivity contribution in [2.24, 2.45) is 11.8 Å². The lowest BCUT2D eigenvalue weighted by atomic mass is 9.94. The maximum absolute atomic E-state index is 9.32. The van der Waals surface area contributed by atoms with E-state index in [9.17, 15) is 5.26 Å². The molecule has 0 aromatic carbocycles. The Labute approximate surface area is 113 Å². The van der Waals surface area contributed by atoms with Gasteiger partial charge in [-0.05, 0) is 51.6 Å². The second kappa shape index (κ2) is 6.54. The summed E-state index contributed by atoms with van der Waals surface area (Å²) in [6, 6.07) is 2.91. The third-order valence-corrected chi connectivity index (χ3v) is 4.34. The zero-order valence-electron chi connectivity index (χ0n) is 12.7. The van der Waals surface area contributed by atoms with E-state index in [4.69, 9.17) is 0 Å². The summed E-state index contributed by atoms with van der Waals surface area (Å²) in [6.07, 6.45) is 2.22. The summed E-state index contributed by atoms with van der Waals surface area (Å²) >= 11 is 0. The highest BCUT2D eigenvalue weighted by Gasteiger charge is 2.32. The van der Waals surface area contributed by atoms with Gasteiger partial charge in [-0.1, -0.05) is 20.8 Å². The fourth-order valence-corrected chi connectivity index (χ4v) is 3.03. The van der Waals surface area contributed by atoms with Crippen molar-refractivity contribution >= 4 is 0 Å². The predicted molar refractivity (Wildman–Crippen MR) is 76.3 cm³/mol. The first kappa shape index (κ1) is 15.5. The molecular weight excluding hydrogens is 222 g/mol. The standard InChI is InChI=1S/C15H29N3/c1-6-17-15(5,11-16)9-13(4)18-8-7-14(10-18)12(2)3/h12-14,17H,6-10H2,1-5H3. The second-order valence-corrected chi connectivity index (χ2v) is 6.32. The van der Waals surface area contributed by atoms with Crippen LogP contribution in [-0.2, 0) is 0 Å². The van der Waals surface area contributed by atoms with Gasteiger partial charge >= 0.3 is 0 Å². The molecule has 1 fully saturated rings. The summed E-state index contributed by atoms with van der Waals surface area (Å²) in [5, 5.41) is 12.6. The van der Waals surface area contributed by atoms with E-state index in [0.29, 0.717) is 6.04 Å². The van der Waals surface area contributed by atoms with Crippen molar-refractivity contribution in [3.05, 3.63) is 0 Å². The third-order valence-electron chi connectivity index (χ3n) is 4.34. The lowest BCUT2D eigenvalue weighted by Crippen LogP contribution is -2.46. The molecule has 0 amide bonds. The van der Waals surface area contributed by atoms with Crippen LogP contribution in [0, 0.1) is 23.2 Å². The van der Waals surface area contributed by atoms with Gasteiger partial charge in [0.25, 0.3) is 0 Å². The quantitative estimate of drug-likeness (QED) is 0.789. The molecule has 1 aliphatic heterocycles. The smallest absolute Gasteiger partial charge is 0.105 e. The van der Waals surface area contributed by atoms with Crippen molar-refractivity contribution in [3.8, 4) is 6.07 Å². The first-order valence-electron chi connectivity index (χ1n) is 7.32. The van der Waals surface area contributed by atoms with Crippen LogP contribution in [0.1, 0.15) is 47.5 Å². The molecule has 3 atom stereocenters. The van der Waals surface area contributed by atoms with Crippen molar-refractivity contribution in [3.63, 3.8) is 0 Å². The third kappa shape index (κ3) is 3.96. The SMILES string of the molecule is CCNC(C)(C#N)CC(C)N1CCC(C(C)C)C1. The van der Waals surface area contributed by atoms with Gasteiger partial charge in [0.15, 0.2) is 0 Å². The van der Waals surface area contributed by atoms with Gasteiger partial charge < -0.3 is 4.90 Å². The maximum Gasteiger partial charge on any atom is 0.105 e. The highest BCUT2D eigenvalue weighted by molar-refractivity contribution is 5.05. The van der Waals surface area contributed by atoms with E-state index >= 15 is 0 Å². The Bertz CT molecular complexity index is 295. The van der Waals surface area contributed by atoms with E-state index in [1.165, 1.54) is 19.5 Å². The number of nitrogens with one attached hydrogen (secondary N) is 1. The molecule has 3 unspecified atom stereocenters. The van der Waals surface area contributed by atoms with Crippen LogP contribution in [0.4, 0.5) is 0 Å². The Balaban J connectivity index is 2.51. The summed E-state index contributed by atoms with van der Waals surface area (Å²) in [4.78, 5) is 2.55. The van der Waals surface area contributed by atoms with Crippen LogP contribution in [0.2, 0.25) is 0 Å². The van der Waals surface area contributed by atoms with Gasteiger partial charge in [0.05, 0.1) is 6.07 Å². The lowest BCUT2D eigenvalue weighted by molar-refractivity contribution is 0.201. The molecule has 1 aliphatic rings. The van der Waals surface area contributed by atoms with Gasteiger partial charge in [-0.25, -0.2) is 0 Å². The molecule has 0 radical (unpaired) electrons. The first-order valence-corrected chi connectivity index (χ1v) is 7.32. The Morgan fingerprint density at radius 3 is 2.56 bits per heavy atom. The topological polar surface area (TPSA) is 39.1 Å². The Hall–Kier alpha value is -0.590. The average molecular weight is 251 g/mol. The Morgan fingerprint density at radius 2 is 2.11 bits per heavy atom. The number of nitriles is 1. The number of nitrogens with zero attached hydrogens (tertiary/aromatic N) is 2. The maximum atomic E-state index is 9.32. The molecule has 18 heavy (non-hydrogen) atoms. The molecule has 3 nitrogen and oxygen atoms in total. The van der Waals surface area contributed by atoms with Gasteiger partial charge in [0, 0.05) is 12.6 Å². The lowest BCUT2D eigenvalue weighted by Gasteiger charge is -2.31. The largest absolute Gasteiger partial charge is 0.300 e. The zero-order chi connectivity index (χ0) is 13.8. The molecule has 1 rings (SSSR count). The Morgan fingerprint density at radius 1 is 1.44 bits per heavy atom. The highest BCUT2D eigenvalue weighted by Crippen LogP contribution is 2.27. The van der Waals surface area contributed by atoms with Crippen LogP contribution in [0.25, 0.3) is 0 Å². The van der Waals surface area contributed by atoms with E-state index < -0.39 is 0 Å². The number of rotatable bonds is 6. The molecule has 0 aliphatic carbocycles. The number of likely N-dealkylation sites (tertiary alicyclic amines) is 1. The van der Waals surface area contributed by atoms with E-state index in [-0.39, 0.29) is 5.54 Å². The Kier molecular flexibility index (Phi) is 5.62. The van der Waals surface area contributed by atoms with Crippen LogP contribution < -0.4 is 5.32 Å². The van der Waals surface area contributed by atoms with Crippen molar-refractivity contribution in [1.82, 2.24) is 10.2 Å². The number of hydrogen-bond acceptors (Lipinski definition) is 3. The number of hydrogen-bond donors (Lipinski definition) is 1. The average Bonchev–Trinajstić information content (AvgIpc) is 2.78. The predicted octanol–water partition coefficient (Wildman–Crippen LogP) is 2.63. The van der Waals surface area contributed by atoms with Gasteiger partial charge in [0.1, 0.15) is 5.54 Å². The van der Waals surface area contributed by atoms with E-state index in [1.54, 1.807) is 0 Å². The monoisotopic (exact) mass is 251 g/mol. The molecule has 0 aromatic heterocycles. The normalized spacial score (nSPS) is 25.9. The van der Waals surface area contributed by atoms with Crippen molar-refractivity contribution in [2.75, 3.05) is 19.6 Å². The van der Waals surface area contributed by atoms with Crippen molar-refractivity contribution in [2.45, 2.75) is 59.0 Å². The van der Waals surface area contributed by atoms with Gasteiger partial charge in [-0.3, -0.25) is 5.32 Å². The van der Waals surface area contributed by atoms with Crippen LogP contribution in [0.5, 0.6) is 0 Å². The fourth-order valence-electron chi connectivity index (χ4n) is 3.03. The van der Waals surface area contributed by atoms with Crippen LogP contribution in [0.3, 0.4) is 0 Å². The second-order valence-electron chi connectivity index (χ2n) is 6.32. The minimum Gasteiger partial charge on any atom is -0.300 e. The van der Waals surface area contributed by atoms with Gasteiger partial charge in [-0.2, -0.15) is 5.26 Å². The molecule has 1 heterocycles. The molecule has 0 spiro atoms. The minimum absolute atomic E-state index is 0.385. The summed E-state index contributed by atoms with van der Waals surface area (Å²) in [6.45, 7) is 14.2. The molecule has 1 N–H and O–H groups in total. The summed E-state index contributed by atoms with van der Waals surface area (Å²) < 4.78 is 0. The summed E-state index contributed by atoms with van der Waals surface area (Å²) in [7, 11) is 0. The van der Waals surface area contributed by atoms with E-state index in [2.05, 4.69) is 44.0 Å². The van der Waals surface area contributed by atoms with Crippen LogP contribution >= 0.6 is 0 Å². The molecule has 104 valence electrons. The summed E-state index contributed by atoms with van der Waals surface area (Å²) in [5.74, 6) is 1.61. The van der Waals surface area contributed by atoms with Gasteiger partial charge in [-0.15, -0.1) is 0 Å². The van der Waals surface area contributed by atoms with Crippen molar-refractivity contribution in [1.29, 1.82) is 5.26 Å². The van der Waals surface area contributed by atoms with Crippen molar-refractivity contribution < 1.29 is 0 Å². The van der Waals surface area contributed by atoms with Crippen LogP contribution in [0.15, 0.2) is 0 Å². The molecular formula is C15H29N3. The first-order chi connectivity index (χ1) is 8.41. The molecule has 3 heteroatoms. The molecule has 0 bridgehead atoms. The molecule has 1 saturated heterocycles. The zero-order valence-corrected chi connectivity index (χ0v) is 12.7. The van der Waals surface area contributed by atoms with Gasteiger partial charge in [0.2, 0.25) is 0 Å². The minimum atomic E-state index is -0.385. The van der Waals surface area contributed by atoms with E-state index in [1.807, 2.05) is 6.92 Å². The highest BCUT2D eigenvalue weighted by atomic mass is 15.2. The molecule has 0 aromatic rings. The fraction of sp³-hybridized carbons (Fsp3) is 0.933. The van der Waals surface area contributed by atoms with E-state index in [0.717, 1.165) is 24.8 Å². The molecule has 0 saturated carbocycles. The summed E-state index contributed by atoms with van der Waals surface area (Å²) in [5.41, 5.74) is -0.385. The van der Waals surface area contributed by atoms with Crippen LogP contribution in [-0.4, -0.2) is 36.1 Å².